The molecule has 0 aliphatic carbocycles. The van der Waals surface area contributed by atoms with Crippen molar-refractivity contribution in [1.29, 1.82) is 0 Å². The van der Waals surface area contributed by atoms with E-state index in [1.165, 1.54) is 0 Å². The minimum atomic E-state index is 0.0887. The van der Waals surface area contributed by atoms with E-state index in [4.69, 9.17) is 5.73 Å². The SMILES string of the molecule is Cc1ccc(O)c(-c2nccc(NC[C@H](N)CC(C)C)n2)c1. The molecule has 2 aromatic rings. The van der Waals surface area contributed by atoms with Gasteiger partial charge < -0.3 is 16.2 Å². The molecule has 0 radical (unpaired) electrons. The molecule has 0 bridgehead atoms. The Balaban J connectivity index is 2.11. The number of rotatable bonds is 6. The fourth-order valence-corrected chi connectivity index (χ4v) is 2.34. The summed E-state index contributed by atoms with van der Waals surface area (Å²) in [6, 6.07) is 7.28. The molecule has 22 heavy (non-hydrogen) atoms. The van der Waals surface area contributed by atoms with Gasteiger partial charge in [-0.2, -0.15) is 0 Å². The Labute approximate surface area is 131 Å². The largest absolute Gasteiger partial charge is 0.507 e. The molecule has 0 saturated carbocycles. The maximum Gasteiger partial charge on any atom is 0.165 e. The van der Waals surface area contributed by atoms with Crippen LogP contribution in [-0.4, -0.2) is 27.7 Å². The second-order valence-electron chi connectivity index (χ2n) is 6.06. The Morgan fingerprint density at radius 3 is 2.77 bits per heavy atom. The lowest BCUT2D eigenvalue weighted by molar-refractivity contribution is 0.476. The topological polar surface area (TPSA) is 84.1 Å². The number of aryl methyl sites for hydroxylation is 1. The number of hydrogen-bond donors (Lipinski definition) is 3. The Morgan fingerprint density at radius 2 is 2.05 bits per heavy atom. The number of aromatic nitrogens is 2. The van der Waals surface area contributed by atoms with E-state index < -0.39 is 0 Å². The van der Waals surface area contributed by atoms with Crippen molar-refractivity contribution in [3.05, 3.63) is 36.0 Å². The number of hydrogen-bond acceptors (Lipinski definition) is 5. The minimum absolute atomic E-state index is 0.0887. The van der Waals surface area contributed by atoms with Gasteiger partial charge in [0.2, 0.25) is 0 Å². The number of phenolic OH excluding ortho intramolecular Hbond substituents is 1. The average Bonchev–Trinajstić information content (AvgIpc) is 2.47. The Bertz CT molecular complexity index is 628. The highest BCUT2D eigenvalue weighted by molar-refractivity contribution is 5.65. The van der Waals surface area contributed by atoms with Crippen LogP contribution in [0.15, 0.2) is 30.5 Å². The first-order valence-corrected chi connectivity index (χ1v) is 7.58. The summed E-state index contributed by atoms with van der Waals surface area (Å²) < 4.78 is 0. The predicted molar refractivity (Wildman–Crippen MR) is 89.8 cm³/mol. The van der Waals surface area contributed by atoms with Crippen LogP contribution >= 0.6 is 0 Å². The van der Waals surface area contributed by atoms with Gasteiger partial charge in [0.15, 0.2) is 5.82 Å². The smallest absolute Gasteiger partial charge is 0.165 e. The van der Waals surface area contributed by atoms with Crippen LogP contribution in [0.1, 0.15) is 25.8 Å². The number of benzene rings is 1. The quantitative estimate of drug-likeness (QED) is 0.764. The summed E-state index contributed by atoms with van der Waals surface area (Å²) in [6.07, 6.45) is 2.64. The fourth-order valence-electron chi connectivity index (χ4n) is 2.34. The molecule has 0 fully saturated rings. The van der Waals surface area contributed by atoms with E-state index in [9.17, 15) is 5.11 Å². The minimum Gasteiger partial charge on any atom is -0.507 e. The summed E-state index contributed by atoms with van der Waals surface area (Å²) >= 11 is 0. The van der Waals surface area contributed by atoms with Crippen LogP contribution in [0.4, 0.5) is 5.82 Å². The maximum atomic E-state index is 9.98. The van der Waals surface area contributed by atoms with Crippen LogP contribution in [0.5, 0.6) is 5.75 Å². The highest BCUT2D eigenvalue weighted by Gasteiger charge is 2.10. The van der Waals surface area contributed by atoms with E-state index in [1.54, 1.807) is 18.3 Å². The van der Waals surface area contributed by atoms with Gasteiger partial charge in [-0.3, -0.25) is 0 Å². The summed E-state index contributed by atoms with van der Waals surface area (Å²) in [7, 11) is 0. The Hall–Kier alpha value is -2.14. The number of nitrogens with two attached hydrogens (primary N) is 1. The van der Waals surface area contributed by atoms with Crippen molar-refractivity contribution in [1.82, 2.24) is 9.97 Å². The van der Waals surface area contributed by atoms with Gasteiger partial charge in [-0.1, -0.05) is 25.5 Å². The van der Waals surface area contributed by atoms with Crippen LogP contribution in [0.3, 0.4) is 0 Å². The summed E-state index contributed by atoms with van der Waals surface area (Å²) in [6.45, 7) is 6.94. The normalized spacial score (nSPS) is 12.4. The predicted octanol–water partition coefficient (Wildman–Crippen LogP) is 2.94. The van der Waals surface area contributed by atoms with E-state index >= 15 is 0 Å². The monoisotopic (exact) mass is 300 g/mol. The Kier molecular flexibility index (Phi) is 5.33. The molecule has 0 spiro atoms. The number of nitrogens with one attached hydrogen (secondary N) is 1. The number of nitrogens with zero attached hydrogens (tertiary/aromatic N) is 2. The van der Waals surface area contributed by atoms with Crippen LogP contribution in [0.25, 0.3) is 11.4 Å². The molecule has 1 aromatic heterocycles. The first kappa shape index (κ1) is 16.2. The number of phenols is 1. The molecule has 1 atom stereocenters. The van der Waals surface area contributed by atoms with Crippen molar-refractivity contribution in [3.8, 4) is 17.1 Å². The lowest BCUT2D eigenvalue weighted by Gasteiger charge is -2.15. The highest BCUT2D eigenvalue weighted by Crippen LogP contribution is 2.27. The zero-order valence-corrected chi connectivity index (χ0v) is 13.4. The van der Waals surface area contributed by atoms with Gasteiger partial charge >= 0.3 is 0 Å². The molecule has 0 saturated heterocycles. The van der Waals surface area contributed by atoms with Gasteiger partial charge in [0, 0.05) is 18.8 Å². The lowest BCUT2D eigenvalue weighted by atomic mass is 10.0. The van der Waals surface area contributed by atoms with Crippen molar-refractivity contribution in [2.24, 2.45) is 11.7 Å². The molecule has 0 unspecified atom stereocenters. The zero-order valence-electron chi connectivity index (χ0n) is 13.4. The highest BCUT2D eigenvalue weighted by atomic mass is 16.3. The maximum absolute atomic E-state index is 9.98. The summed E-state index contributed by atoms with van der Waals surface area (Å²) in [4.78, 5) is 8.70. The molecule has 0 aliphatic rings. The van der Waals surface area contributed by atoms with Crippen molar-refractivity contribution in [2.75, 3.05) is 11.9 Å². The van der Waals surface area contributed by atoms with E-state index in [0.29, 0.717) is 29.7 Å². The van der Waals surface area contributed by atoms with Gasteiger partial charge in [-0.25, -0.2) is 9.97 Å². The molecule has 118 valence electrons. The third-order valence-electron chi connectivity index (χ3n) is 3.37. The second-order valence-corrected chi connectivity index (χ2v) is 6.06. The molecule has 1 heterocycles. The van der Waals surface area contributed by atoms with Crippen molar-refractivity contribution in [2.45, 2.75) is 33.2 Å². The molecule has 5 heteroatoms. The summed E-state index contributed by atoms with van der Waals surface area (Å²) in [5, 5.41) is 13.2. The van der Waals surface area contributed by atoms with Gasteiger partial charge in [0.25, 0.3) is 0 Å². The van der Waals surface area contributed by atoms with Gasteiger partial charge in [-0.15, -0.1) is 0 Å². The third-order valence-corrected chi connectivity index (χ3v) is 3.37. The number of aromatic hydroxyl groups is 1. The third kappa shape index (κ3) is 4.43. The summed E-state index contributed by atoms with van der Waals surface area (Å²) in [5.41, 5.74) is 7.75. The lowest BCUT2D eigenvalue weighted by Crippen LogP contribution is -2.30. The van der Waals surface area contributed by atoms with Gasteiger partial charge in [-0.05, 0) is 37.5 Å². The van der Waals surface area contributed by atoms with Gasteiger partial charge in [0.05, 0.1) is 5.56 Å². The first-order valence-electron chi connectivity index (χ1n) is 7.58. The number of anilines is 1. The first-order chi connectivity index (χ1) is 10.5. The van der Waals surface area contributed by atoms with E-state index in [2.05, 4.69) is 29.1 Å². The standard InChI is InChI=1S/C17H24N4O/c1-11(2)8-13(18)10-20-16-6-7-19-17(21-16)14-9-12(3)4-5-15(14)22/h4-7,9,11,13,22H,8,10,18H2,1-3H3,(H,19,20,21)/t13-/m1/s1. The average molecular weight is 300 g/mol. The van der Waals surface area contributed by atoms with Crippen LogP contribution < -0.4 is 11.1 Å². The molecule has 0 amide bonds. The van der Waals surface area contributed by atoms with Crippen LogP contribution in [0, 0.1) is 12.8 Å². The van der Waals surface area contributed by atoms with Crippen LogP contribution in [-0.2, 0) is 0 Å². The fraction of sp³-hybridized carbons (Fsp3) is 0.412. The van der Waals surface area contributed by atoms with E-state index in [1.807, 2.05) is 19.1 Å². The zero-order chi connectivity index (χ0) is 16.1. The van der Waals surface area contributed by atoms with Crippen molar-refractivity contribution >= 4 is 5.82 Å². The molecular formula is C17H24N4O. The molecule has 2 rings (SSSR count). The summed E-state index contributed by atoms with van der Waals surface area (Å²) in [5.74, 6) is 1.97. The van der Waals surface area contributed by atoms with Crippen molar-refractivity contribution < 1.29 is 5.11 Å². The van der Waals surface area contributed by atoms with Crippen molar-refractivity contribution in [3.63, 3.8) is 0 Å². The Morgan fingerprint density at radius 1 is 1.27 bits per heavy atom. The molecular weight excluding hydrogens is 276 g/mol. The second kappa shape index (κ2) is 7.22. The van der Waals surface area contributed by atoms with Gasteiger partial charge in [0.1, 0.15) is 11.6 Å². The van der Waals surface area contributed by atoms with Crippen LogP contribution in [0.2, 0.25) is 0 Å². The molecule has 5 nitrogen and oxygen atoms in total. The molecule has 4 N–H and O–H groups in total. The van der Waals surface area contributed by atoms with E-state index in [-0.39, 0.29) is 11.8 Å². The van der Waals surface area contributed by atoms with E-state index in [0.717, 1.165) is 12.0 Å². The molecule has 1 aromatic carbocycles. The molecule has 0 aliphatic heterocycles.